The third kappa shape index (κ3) is 3.91. The first kappa shape index (κ1) is 15.9. The van der Waals surface area contributed by atoms with Crippen LogP contribution in [0.2, 0.25) is 0 Å². The van der Waals surface area contributed by atoms with E-state index in [-0.39, 0.29) is 24.5 Å². The van der Waals surface area contributed by atoms with Crippen LogP contribution in [0.5, 0.6) is 0 Å². The Kier molecular flexibility index (Phi) is 6.25. The SMILES string of the molecule is CCC(CC)N(CCO)c1ccc([C@H](C)N)cc1F. The molecule has 0 fully saturated rings. The molecular weight excluding hydrogens is 243 g/mol. The van der Waals surface area contributed by atoms with E-state index >= 15 is 0 Å². The quantitative estimate of drug-likeness (QED) is 0.799. The second-order valence-corrected chi connectivity index (χ2v) is 4.89. The highest BCUT2D eigenvalue weighted by molar-refractivity contribution is 5.50. The first-order chi connectivity index (χ1) is 9.04. The minimum atomic E-state index is -0.268. The number of benzene rings is 1. The van der Waals surface area contributed by atoms with Gasteiger partial charge in [0, 0.05) is 18.6 Å². The zero-order valence-corrected chi connectivity index (χ0v) is 12.1. The zero-order chi connectivity index (χ0) is 14.4. The second-order valence-electron chi connectivity index (χ2n) is 4.89. The molecule has 0 heterocycles. The molecular formula is C15H25FN2O. The summed E-state index contributed by atoms with van der Waals surface area (Å²) in [4.78, 5) is 1.94. The van der Waals surface area contributed by atoms with Gasteiger partial charge in [0.1, 0.15) is 5.82 Å². The molecule has 1 aromatic carbocycles. The Bertz CT molecular complexity index is 392. The van der Waals surface area contributed by atoms with Crippen LogP contribution in [0, 0.1) is 5.82 Å². The summed E-state index contributed by atoms with van der Waals surface area (Å²) in [7, 11) is 0. The molecule has 1 atom stereocenters. The number of halogens is 1. The molecule has 0 aliphatic carbocycles. The van der Waals surface area contributed by atoms with E-state index in [0.717, 1.165) is 18.4 Å². The van der Waals surface area contributed by atoms with E-state index in [2.05, 4.69) is 13.8 Å². The highest BCUT2D eigenvalue weighted by Gasteiger charge is 2.19. The van der Waals surface area contributed by atoms with E-state index < -0.39 is 0 Å². The first-order valence-corrected chi connectivity index (χ1v) is 6.97. The molecule has 0 saturated heterocycles. The third-order valence-corrected chi connectivity index (χ3v) is 3.53. The van der Waals surface area contributed by atoms with E-state index in [4.69, 9.17) is 5.73 Å². The monoisotopic (exact) mass is 268 g/mol. The smallest absolute Gasteiger partial charge is 0.146 e. The number of hydrogen-bond donors (Lipinski definition) is 2. The van der Waals surface area contributed by atoms with Crippen LogP contribution in [0.3, 0.4) is 0 Å². The van der Waals surface area contributed by atoms with E-state index in [0.29, 0.717) is 12.2 Å². The second kappa shape index (κ2) is 7.46. The van der Waals surface area contributed by atoms with Gasteiger partial charge in [-0.15, -0.1) is 0 Å². The van der Waals surface area contributed by atoms with Crippen LogP contribution in [0.1, 0.15) is 45.2 Å². The number of nitrogens with zero attached hydrogens (tertiary/aromatic N) is 1. The Morgan fingerprint density at radius 2 is 1.95 bits per heavy atom. The number of aliphatic hydroxyl groups is 1. The van der Waals surface area contributed by atoms with Gasteiger partial charge in [-0.3, -0.25) is 0 Å². The molecule has 0 aromatic heterocycles. The molecule has 0 aliphatic rings. The van der Waals surface area contributed by atoms with Crippen LogP contribution < -0.4 is 10.6 Å². The maximum Gasteiger partial charge on any atom is 0.146 e. The minimum Gasteiger partial charge on any atom is -0.395 e. The van der Waals surface area contributed by atoms with Crippen molar-refractivity contribution in [1.29, 1.82) is 0 Å². The summed E-state index contributed by atoms with van der Waals surface area (Å²) in [6.07, 6.45) is 1.84. The lowest BCUT2D eigenvalue weighted by Gasteiger charge is -2.32. The fourth-order valence-corrected chi connectivity index (χ4v) is 2.38. The molecule has 3 N–H and O–H groups in total. The number of hydrogen-bond acceptors (Lipinski definition) is 3. The molecule has 108 valence electrons. The lowest BCUT2D eigenvalue weighted by molar-refractivity contribution is 0.295. The van der Waals surface area contributed by atoms with Gasteiger partial charge in [-0.1, -0.05) is 19.9 Å². The molecule has 19 heavy (non-hydrogen) atoms. The van der Waals surface area contributed by atoms with E-state index in [1.54, 1.807) is 6.07 Å². The largest absolute Gasteiger partial charge is 0.395 e. The molecule has 0 bridgehead atoms. The summed E-state index contributed by atoms with van der Waals surface area (Å²) in [6, 6.07) is 5.18. The van der Waals surface area contributed by atoms with Crippen LogP contribution in [-0.2, 0) is 0 Å². The number of anilines is 1. The average molecular weight is 268 g/mol. The van der Waals surface area contributed by atoms with Crippen molar-refractivity contribution in [3.05, 3.63) is 29.6 Å². The number of rotatable bonds is 7. The fraction of sp³-hybridized carbons (Fsp3) is 0.600. The number of nitrogens with two attached hydrogens (primary N) is 1. The lowest BCUT2D eigenvalue weighted by Crippen LogP contribution is -2.37. The van der Waals surface area contributed by atoms with Crippen molar-refractivity contribution in [2.45, 2.75) is 45.7 Å². The minimum absolute atomic E-state index is 0.0188. The average Bonchev–Trinajstić information content (AvgIpc) is 2.39. The Balaban J connectivity index is 3.08. The van der Waals surface area contributed by atoms with Gasteiger partial charge in [0.2, 0.25) is 0 Å². The Morgan fingerprint density at radius 1 is 1.32 bits per heavy atom. The van der Waals surface area contributed by atoms with Crippen molar-refractivity contribution < 1.29 is 9.50 Å². The van der Waals surface area contributed by atoms with Gasteiger partial charge in [-0.25, -0.2) is 4.39 Å². The summed E-state index contributed by atoms with van der Waals surface area (Å²) in [6.45, 7) is 6.45. The lowest BCUT2D eigenvalue weighted by atomic mass is 10.1. The summed E-state index contributed by atoms with van der Waals surface area (Å²) in [5.74, 6) is -0.268. The maximum atomic E-state index is 14.2. The van der Waals surface area contributed by atoms with Gasteiger partial charge in [0.05, 0.1) is 12.3 Å². The van der Waals surface area contributed by atoms with Crippen molar-refractivity contribution in [1.82, 2.24) is 0 Å². The molecule has 0 spiro atoms. The predicted molar refractivity (Wildman–Crippen MR) is 77.8 cm³/mol. The van der Waals surface area contributed by atoms with Crippen molar-refractivity contribution in [3.63, 3.8) is 0 Å². The fourth-order valence-electron chi connectivity index (χ4n) is 2.38. The molecule has 3 nitrogen and oxygen atoms in total. The molecule has 0 amide bonds. The predicted octanol–water partition coefficient (Wildman–Crippen LogP) is 2.83. The van der Waals surface area contributed by atoms with E-state index in [1.807, 2.05) is 17.9 Å². The van der Waals surface area contributed by atoms with Gasteiger partial charge in [0.15, 0.2) is 0 Å². The molecule has 0 unspecified atom stereocenters. The summed E-state index contributed by atoms with van der Waals surface area (Å²) >= 11 is 0. The van der Waals surface area contributed by atoms with Crippen molar-refractivity contribution in [3.8, 4) is 0 Å². The molecule has 0 radical (unpaired) electrons. The summed E-state index contributed by atoms with van der Waals surface area (Å²) in [5.41, 5.74) is 7.09. The Morgan fingerprint density at radius 3 is 2.37 bits per heavy atom. The van der Waals surface area contributed by atoms with Gasteiger partial charge in [-0.2, -0.15) is 0 Å². The van der Waals surface area contributed by atoms with Gasteiger partial charge >= 0.3 is 0 Å². The Hall–Kier alpha value is -1.13. The van der Waals surface area contributed by atoms with Crippen LogP contribution >= 0.6 is 0 Å². The Labute approximate surface area is 115 Å². The van der Waals surface area contributed by atoms with E-state index in [9.17, 15) is 9.50 Å². The first-order valence-electron chi connectivity index (χ1n) is 6.97. The summed E-state index contributed by atoms with van der Waals surface area (Å²) < 4.78 is 14.2. The molecule has 0 saturated carbocycles. The molecule has 1 aromatic rings. The van der Waals surface area contributed by atoms with Crippen molar-refractivity contribution in [2.24, 2.45) is 5.73 Å². The maximum absolute atomic E-state index is 14.2. The molecule has 1 rings (SSSR count). The van der Waals surface area contributed by atoms with Crippen LogP contribution in [0.4, 0.5) is 10.1 Å². The van der Waals surface area contributed by atoms with Crippen LogP contribution in [-0.4, -0.2) is 24.3 Å². The standard InChI is InChI=1S/C15H25FN2O/c1-4-13(5-2)18(8-9-19)15-7-6-12(11(3)17)10-14(15)16/h6-7,10-11,13,19H,4-5,8-9,17H2,1-3H3/t11-/m0/s1. The molecule has 0 aliphatic heterocycles. The van der Waals surface area contributed by atoms with Crippen molar-refractivity contribution >= 4 is 5.69 Å². The highest BCUT2D eigenvalue weighted by Crippen LogP contribution is 2.26. The van der Waals surface area contributed by atoms with Gasteiger partial charge in [0.25, 0.3) is 0 Å². The van der Waals surface area contributed by atoms with Crippen LogP contribution in [0.15, 0.2) is 18.2 Å². The summed E-state index contributed by atoms with van der Waals surface area (Å²) in [5, 5.41) is 9.19. The van der Waals surface area contributed by atoms with Crippen molar-refractivity contribution in [2.75, 3.05) is 18.1 Å². The zero-order valence-electron chi connectivity index (χ0n) is 12.1. The normalized spacial score (nSPS) is 12.8. The third-order valence-electron chi connectivity index (χ3n) is 3.53. The van der Waals surface area contributed by atoms with Gasteiger partial charge < -0.3 is 15.7 Å². The highest BCUT2D eigenvalue weighted by atomic mass is 19.1. The van der Waals surface area contributed by atoms with E-state index in [1.165, 1.54) is 6.07 Å². The van der Waals surface area contributed by atoms with Crippen LogP contribution in [0.25, 0.3) is 0 Å². The topological polar surface area (TPSA) is 49.5 Å². The number of aliphatic hydroxyl groups excluding tert-OH is 1. The van der Waals surface area contributed by atoms with Gasteiger partial charge in [-0.05, 0) is 37.5 Å². The molecule has 4 heteroatoms.